The number of nitrogens with zero attached hydrogens (tertiary/aromatic N) is 2. The largest absolute Gasteiger partial charge is 0.497 e. The summed E-state index contributed by atoms with van der Waals surface area (Å²) in [4.78, 5) is 10.5. The zero-order valence-electron chi connectivity index (χ0n) is 16.5. The Hall–Kier alpha value is -3.15. The van der Waals surface area contributed by atoms with E-state index in [1.54, 1.807) is 31.8 Å². The molecule has 0 spiro atoms. The quantitative estimate of drug-likeness (QED) is 0.310. The lowest BCUT2D eigenvalue weighted by molar-refractivity contribution is 0.414. The van der Waals surface area contributed by atoms with Gasteiger partial charge in [0.1, 0.15) is 11.5 Å². The zero-order chi connectivity index (χ0) is 20.9. The Balaban J connectivity index is 1.74. The molecule has 4 rings (SSSR count). The highest BCUT2D eigenvalue weighted by Crippen LogP contribution is 2.40. The highest BCUT2D eigenvalue weighted by Gasteiger charge is 2.15. The number of halogens is 1. The summed E-state index contributed by atoms with van der Waals surface area (Å²) in [7, 11) is 3.32. The first kappa shape index (κ1) is 20.1. The average Bonchev–Trinajstić information content (AvgIpc) is 3.23. The van der Waals surface area contributed by atoms with Crippen molar-refractivity contribution in [1.82, 2.24) is 4.98 Å². The summed E-state index contributed by atoms with van der Waals surface area (Å²) < 4.78 is 10.6. The molecule has 0 amide bonds. The van der Waals surface area contributed by atoms with Gasteiger partial charge in [-0.2, -0.15) is 0 Å². The monoisotopic (exact) mass is 434 g/mol. The molecule has 0 unspecified atom stereocenters. The van der Waals surface area contributed by atoms with Crippen LogP contribution in [0.3, 0.4) is 0 Å². The first-order valence-corrected chi connectivity index (χ1v) is 10.4. The van der Waals surface area contributed by atoms with E-state index in [9.17, 15) is 0 Å². The van der Waals surface area contributed by atoms with Gasteiger partial charge in [0, 0.05) is 16.8 Å². The van der Waals surface area contributed by atoms with Gasteiger partial charge < -0.3 is 9.47 Å². The van der Waals surface area contributed by atoms with E-state index >= 15 is 0 Å². The molecule has 30 heavy (non-hydrogen) atoms. The maximum absolute atomic E-state index is 5.96. The first-order valence-electron chi connectivity index (χ1n) is 9.25. The van der Waals surface area contributed by atoms with Crippen LogP contribution < -0.4 is 9.47 Å². The Labute approximate surface area is 184 Å². The van der Waals surface area contributed by atoms with Crippen LogP contribution in [0.25, 0.3) is 21.7 Å². The van der Waals surface area contributed by atoms with Gasteiger partial charge in [0.2, 0.25) is 5.13 Å². The highest BCUT2D eigenvalue weighted by molar-refractivity contribution is 7.19. The van der Waals surface area contributed by atoms with Crippen molar-refractivity contribution in [3.8, 4) is 33.2 Å². The number of benzene rings is 3. The van der Waals surface area contributed by atoms with Crippen LogP contribution >= 0.6 is 22.9 Å². The molecule has 150 valence electrons. The number of hydrogen-bond donors (Lipinski definition) is 0. The summed E-state index contributed by atoms with van der Waals surface area (Å²) in [5.74, 6) is 1.62. The Morgan fingerprint density at radius 1 is 0.800 bits per heavy atom. The number of thiazole rings is 1. The van der Waals surface area contributed by atoms with Crippen molar-refractivity contribution >= 4 is 34.3 Å². The van der Waals surface area contributed by atoms with E-state index in [1.807, 2.05) is 72.8 Å². The van der Waals surface area contributed by atoms with E-state index < -0.39 is 0 Å². The Bertz CT molecular complexity index is 1090. The fourth-order valence-corrected chi connectivity index (χ4v) is 3.99. The van der Waals surface area contributed by atoms with Gasteiger partial charge in [0.05, 0.1) is 24.8 Å². The minimum absolute atomic E-state index is 0.682. The molecule has 0 aliphatic carbocycles. The third-order valence-corrected chi connectivity index (χ3v) is 5.79. The molecule has 0 atom stereocenters. The molecule has 1 heterocycles. The predicted molar refractivity (Wildman–Crippen MR) is 125 cm³/mol. The van der Waals surface area contributed by atoms with Gasteiger partial charge in [-0.3, -0.25) is 0 Å². The van der Waals surface area contributed by atoms with Crippen LogP contribution in [-0.2, 0) is 0 Å². The smallest absolute Gasteiger partial charge is 0.210 e. The van der Waals surface area contributed by atoms with Gasteiger partial charge in [0.25, 0.3) is 0 Å². The molecule has 3 aromatic carbocycles. The van der Waals surface area contributed by atoms with Gasteiger partial charge in [-0.25, -0.2) is 9.98 Å². The first-order chi connectivity index (χ1) is 14.7. The van der Waals surface area contributed by atoms with Gasteiger partial charge in [-0.15, -0.1) is 0 Å². The molecule has 0 saturated heterocycles. The molecule has 0 saturated carbocycles. The zero-order valence-corrected chi connectivity index (χ0v) is 18.1. The normalized spacial score (nSPS) is 11.0. The van der Waals surface area contributed by atoms with Crippen LogP contribution in [0, 0.1) is 0 Å². The van der Waals surface area contributed by atoms with Crippen LogP contribution in [0.2, 0.25) is 5.02 Å². The second-order valence-corrected chi connectivity index (χ2v) is 7.85. The van der Waals surface area contributed by atoms with Crippen LogP contribution in [0.4, 0.5) is 5.13 Å². The second-order valence-electron chi connectivity index (χ2n) is 6.44. The van der Waals surface area contributed by atoms with E-state index in [1.165, 1.54) is 0 Å². The third-order valence-electron chi connectivity index (χ3n) is 4.53. The van der Waals surface area contributed by atoms with Crippen molar-refractivity contribution in [3.63, 3.8) is 0 Å². The van der Waals surface area contributed by atoms with Crippen LogP contribution in [-0.4, -0.2) is 25.4 Å². The van der Waals surface area contributed by atoms with Crippen molar-refractivity contribution in [1.29, 1.82) is 0 Å². The highest BCUT2D eigenvalue weighted by atomic mass is 35.5. The fraction of sp³-hybridized carbons (Fsp3) is 0.0833. The Morgan fingerprint density at radius 3 is 1.93 bits per heavy atom. The molecular formula is C24H19ClN2O2S. The number of rotatable bonds is 6. The molecule has 0 N–H and O–H groups in total. The van der Waals surface area contributed by atoms with E-state index in [0.717, 1.165) is 38.8 Å². The maximum Gasteiger partial charge on any atom is 0.210 e. The molecule has 0 fully saturated rings. The molecular weight excluding hydrogens is 416 g/mol. The SMILES string of the molecule is COc1ccc(-c2nc(N=Cc3ccc(Cl)cc3)sc2-c2ccc(OC)cc2)cc1. The Morgan fingerprint density at radius 2 is 1.37 bits per heavy atom. The number of aliphatic imine (C=N–C) groups is 1. The number of ether oxygens (including phenoxy) is 2. The van der Waals surface area contributed by atoms with Gasteiger partial charge >= 0.3 is 0 Å². The molecule has 4 aromatic rings. The average molecular weight is 435 g/mol. The van der Waals surface area contributed by atoms with E-state index in [2.05, 4.69) is 4.99 Å². The van der Waals surface area contributed by atoms with E-state index in [4.69, 9.17) is 26.1 Å². The lowest BCUT2D eigenvalue weighted by Gasteiger charge is -2.05. The predicted octanol–water partition coefficient (Wildman–Crippen LogP) is 6.90. The van der Waals surface area contributed by atoms with Gasteiger partial charge in [-0.1, -0.05) is 35.1 Å². The number of hydrogen-bond acceptors (Lipinski definition) is 5. The summed E-state index contributed by atoms with van der Waals surface area (Å²) >= 11 is 7.51. The van der Waals surface area contributed by atoms with Gasteiger partial charge in [0.15, 0.2) is 0 Å². The van der Waals surface area contributed by atoms with Crippen molar-refractivity contribution in [2.24, 2.45) is 4.99 Å². The molecule has 4 nitrogen and oxygen atoms in total. The molecule has 0 aliphatic heterocycles. The molecule has 0 radical (unpaired) electrons. The minimum atomic E-state index is 0.682. The summed E-state index contributed by atoms with van der Waals surface area (Å²) in [5.41, 5.74) is 3.92. The Kier molecular flexibility index (Phi) is 6.12. The summed E-state index contributed by atoms with van der Waals surface area (Å²) in [6.07, 6.45) is 1.80. The van der Waals surface area contributed by atoms with Crippen LogP contribution in [0.5, 0.6) is 11.5 Å². The van der Waals surface area contributed by atoms with Crippen molar-refractivity contribution < 1.29 is 9.47 Å². The standard InChI is InChI=1S/C24H19ClN2O2S/c1-28-20-11-5-17(6-12-20)22-23(18-7-13-21(29-2)14-8-18)30-24(27-22)26-15-16-3-9-19(25)10-4-16/h3-15H,1-2H3. The van der Waals surface area contributed by atoms with Crippen molar-refractivity contribution in [3.05, 3.63) is 83.4 Å². The van der Waals surface area contributed by atoms with Crippen LogP contribution in [0.1, 0.15) is 5.56 Å². The minimum Gasteiger partial charge on any atom is -0.497 e. The fourth-order valence-electron chi connectivity index (χ4n) is 2.93. The van der Waals surface area contributed by atoms with E-state index in [0.29, 0.717) is 10.2 Å². The lowest BCUT2D eigenvalue weighted by Crippen LogP contribution is -1.85. The van der Waals surface area contributed by atoms with E-state index in [-0.39, 0.29) is 0 Å². The van der Waals surface area contributed by atoms with Gasteiger partial charge in [-0.05, 0) is 71.8 Å². The van der Waals surface area contributed by atoms with Crippen molar-refractivity contribution in [2.75, 3.05) is 14.2 Å². The second kappa shape index (κ2) is 9.11. The molecule has 0 bridgehead atoms. The molecule has 1 aromatic heterocycles. The molecule has 0 aliphatic rings. The molecule has 6 heteroatoms. The number of methoxy groups -OCH3 is 2. The third kappa shape index (κ3) is 4.53. The topological polar surface area (TPSA) is 43.7 Å². The van der Waals surface area contributed by atoms with Crippen LogP contribution in [0.15, 0.2) is 77.8 Å². The summed E-state index contributed by atoms with van der Waals surface area (Å²) in [6.45, 7) is 0. The van der Waals surface area contributed by atoms with Crippen molar-refractivity contribution in [2.45, 2.75) is 0 Å². The lowest BCUT2D eigenvalue weighted by atomic mass is 10.1. The maximum atomic E-state index is 5.96. The summed E-state index contributed by atoms with van der Waals surface area (Å²) in [6, 6.07) is 23.4. The number of aromatic nitrogens is 1. The summed E-state index contributed by atoms with van der Waals surface area (Å²) in [5, 5.41) is 1.38.